The summed E-state index contributed by atoms with van der Waals surface area (Å²) in [6, 6.07) is -0.716. The highest BCUT2D eigenvalue weighted by Gasteiger charge is 2.24. The first-order valence-corrected chi connectivity index (χ1v) is 26.9. The lowest BCUT2D eigenvalue weighted by Crippen LogP contribution is -2.46. The maximum absolute atomic E-state index is 13.2. The third-order valence-electron chi connectivity index (χ3n) is 12.2. The van der Waals surface area contributed by atoms with Crippen molar-refractivity contribution in [3.63, 3.8) is 0 Å². The Labute approximate surface area is 385 Å². The van der Waals surface area contributed by atoms with Gasteiger partial charge in [0.05, 0.1) is 25.2 Å². The Morgan fingerprint density at radius 2 is 0.839 bits per heavy atom. The molecule has 1 amide bonds. The molecular formula is C56H103NO5. The molecule has 0 heterocycles. The van der Waals surface area contributed by atoms with Crippen LogP contribution in [0.2, 0.25) is 0 Å². The lowest BCUT2D eigenvalue weighted by Gasteiger charge is -2.24. The van der Waals surface area contributed by atoms with Gasteiger partial charge in [0, 0.05) is 6.42 Å². The summed E-state index contributed by atoms with van der Waals surface area (Å²) in [5.41, 5.74) is 0. The minimum Gasteiger partial charge on any atom is -0.462 e. The topological polar surface area (TPSA) is 95.9 Å². The van der Waals surface area contributed by atoms with E-state index < -0.39 is 18.2 Å². The number of allylic oxidation sites excluding steroid dienone is 8. The molecule has 0 saturated heterocycles. The van der Waals surface area contributed by atoms with E-state index in [2.05, 4.69) is 74.7 Å². The number of ether oxygens (including phenoxy) is 1. The fourth-order valence-corrected chi connectivity index (χ4v) is 8.07. The summed E-state index contributed by atoms with van der Waals surface area (Å²) in [4.78, 5) is 26.1. The van der Waals surface area contributed by atoms with Crippen molar-refractivity contribution in [2.75, 3.05) is 6.61 Å². The van der Waals surface area contributed by atoms with E-state index in [0.29, 0.717) is 19.3 Å². The molecule has 6 nitrogen and oxygen atoms in total. The Hall–Kier alpha value is -2.18. The van der Waals surface area contributed by atoms with Crippen LogP contribution < -0.4 is 5.32 Å². The number of amides is 1. The Bertz CT molecular complexity index is 1070. The zero-order valence-corrected chi connectivity index (χ0v) is 41.3. The summed E-state index contributed by atoms with van der Waals surface area (Å²) >= 11 is 0. The molecule has 0 aromatic heterocycles. The van der Waals surface area contributed by atoms with Crippen LogP contribution >= 0.6 is 0 Å². The van der Waals surface area contributed by atoms with Gasteiger partial charge in [-0.3, -0.25) is 9.59 Å². The van der Waals surface area contributed by atoms with E-state index in [4.69, 9.17) is 4.74 Å². The summed E-state index contributed by atoms with van der Waals surface area (Å²) in [5, 5.41) is 23.7. The number of esters is 1. The predicted molar refractivity (Wildman–Crippen MR) is 269 cm³/mol. The molecule has 0 rings (SSSR count). The number of rotatable bonds is 48. The molecule has 0 fully saturated rings. The largest absolute Gasteiger partial charge is 0.462 e. The number of nitrogens with one attached hydrogen (secondary N) is 1. The number of hydrogen-bond acceptors (Lipinski definition) is 5. The summed E-state index contributed by atoms with van der Waals surface area (Å²) in [5.74, 6) is -0.519. The van der Waals surface area contributed by atoms with E-state index in [1.165, 1.54) is 154 Å². The van der Waals surface area contributed by atoms with Crippen LogP contribution in [-0.2, 0) is 14.3 Å². The van der Waals surface area contributed by atoms with E-state index in [0.717, 1.165) is 70.6 Å². The lowest BCUT2D eigenvalue weighted by atomic mass is 10.0. The van der Waals surface area contributed by atoms with Crippen molar-refractivity contribution in [3.8, 4) is 0 Å². The van der Waals surface area contributed by atoms with E-state index >= 15 is 0 Å². The molecule has 0 aromatic carbocycles. The van der Waals surface area contributed by atoms with Crippen molar-refractivity contribution in [1.29, 1.82) is 0 Å². The van der Waals surface area contributed by atoms with Gasteiger partial charge in [-0.25, -0.2) is 0 Å². The van der Waals surface area contributed by atoms with Gasteiger partial charge in [0.15, 0.2) is 0 Å². The van der Waals surface area contributed by atoms with Crippen LogP contribution in [0.15, 0.2) is 48.6 Å². The molecule has 0 aliphatic rings. The maximum atomic E-state index is 13.2. The quantitative estimate of drug-likeness (QED) is 0.0322. The molecule has 0 bridgehead atoms. The van der Waals surface area contributed by atoms with Gasteiger partial charge in [-0.2, -0.15) is 0 Å². The molecule has 0 spiro atoms. The van der Waals surface area contributed by atoms with Gasteiger partial charge >= 0.3 is 5.97 Å². The molecule has 0 aliphatic heterocycles. The molecule has 3 N–H and O–H groups in total. The van der Waals surface area contributed by atoms with E-state index in [1.807, 2.05) is 0 Å². The fourth-order valence-electron chi connectivity index (χ4n) is 8.07. The first-order valence-electron chi connectivity index (χ1n) is 26.9. The summed E-state index contributed by atoms with van der Waals surface area (Å²) in [7, 11) is 0. The van der Waals surface area contributed by atoms with Gasteiger partial charge in [0.1, 0.15) is 6.10 Å². The first kappa shape index (κ1) is 59.8. The molecule has 3 atom stereocenters. The first-order chi connectivity index (χ1) is 30.5. The third kappa shape index (κ3) is 44.4. The van der Waals surface area contributed by atoms with Gasteiger partial charge < -0.3 is 20.3 Å². The van der Waals surface area contributed by atoms with Gasteiger partial charge in [0.2, 0.25) is 5.91 Å². The Morgan fingerprint density at radius 1 is 0.468 bits per heavy atom. The third-order valence-corrected chi connectivity index (χ3v) is 12.2. The summed E-state index contributed by atoms with van der Waals surface area (Å²) in [6.07, 6.45) is 60.4. The molecule has 0 aliphatic carbocycles. The van der Waals surface area contributed by atoms with Crippen LogP contribution in [0.4, 0.5) is 0 Å². The number of carbonyl (C=O) groups is 2. The molecular weight excluding hydrogens is 767 g/mol. The van der Waals surface area contributed by atoms with Gasteiger partial charge in [0.25, 0.3) is 0 Å². The van der Waals surface area contributed by atoms with E-state index in [1.54, 1.807) is 0 Å². The minimum absolute atomic E-state index is 0.0423. The fraction of sp³-hybridized carbons (Fsp3) is 0.821. The lowest BCUT2D eigenvalue weighted by molar-refractivity contribution is -0.151. The second-order valence-electron chi connectivity index (χ2n) is 18.3. The van der Waals surface area contributed by atoms with Crippen LogP contribution in [-0.4, -0.2) is 46.9 Å². The highest BCUT2D eigenvalue weighted by Crippen LogP contribution is 2.17. The van der Waals surface area contributed by atoms with Crippen molar-refractivity contribution in [3.05, 3.63) is 48.6 Å². The van der Waals surface area contributed by atoms with Crippen LogP contribution in [0.3, 0.4) is 0 Å². The summed E-state index contributed by atoms with van der Waals surface area (Å²) in [6.45, 7) is 6.44. The van der Waals surface area contributed by atoms with E-state index in [-0.39, 0.29) is 24.9 Å². The van der Waals surface area contributed by atoms with Crippen LogP contribution in [0.1, 0.15) is 271 Å². The van der Waals surface area contributed by atoms with Gasteiger partial charge in [-0.15, -0.1) is 0 Å². The maximum Gasteiger partial charge on any atom is 0.306 e. The second-order valence-corrected chi connectivity index (χ2v) is 18.3. The average molecular weight is 870 g/mol. The zero-order chi connectivity index (χ0) is 45.2. The number of aliphatic hydroxyl groups is 2. The Morgan fingerprint density at radius 3 is 1.27 bits per heavy atom. The second kappa shape index (κ2) is 49.8. The van der Waals surface area contributed by atoms with Crippen molar-refractivity contribution >= 4 is 11.9 Å². The Balaban J connectivity index is 4.63. The smallest absolute Gasteiger partial charge is 0.306 e. The SMILES string of the molecule is CCCCC/C=C\C/C=C\C/C=C\C/C=C\CCCC(CC(=O)NC(CO)C(O)CCCCCCCCCCC)OC(=O)CCCCCCCCCCCCCCCCCCC. The van der Waals surface area contributed by atoms with Crippen molar-refractivity contribution in [2.24, 2.45) is 0 Å². The number of carbonyl (C=O) groups excluding carboxylic acids is 2. The van der Waals surface area contributed by atoms with Crippen LogP contribution in [0.5, 0.6) is 0 Å². The van der Waals surface area contributed by atoms with Crippen molar-refractivity contribution in [2.45, 2.75) is 289 Å². The van der Waals surface area contributed by atoms with Gasteiger partial charge in [-0.1, -0.05) is 243 Å². The van der Waals surface area contributed by atoms with Crippen molar-refractivity contribution < 1.29 is 24.5 Å². The summed E-state index contributed by atoms with van der Waals surface area (Å²) < 4.78 is 5.92. The standard InChI is InChI=1S/C56H103NO5/c1-4-7-10-13-16-19-21-23-25-27-29-31-33-36-38-41-44-47-52(50-55(60)57-53(51-58)54(59)48-45-42-39-35-18-15-12-9-6-3)62-56(61)49-46-43-40-37-34-32-30-28-26-24-22-20-17-14-11-8-5-2/h16,19,23,25,29,31,36,38,52-54,58-59H,4-15,17-18,20-22,24,26-28,30,32-35,37,39-51H2,1-3H3,(H,57,60)/b19-16-,25-23-,31-29-,38-36-. The minimum atomic E-state index is -0.799. The highest BCUT2D eigenvalue weighted by atomic mass is 16.5. The average Bonchev–Trinajstić information content (AvgIpc) is 3.26. The number of hydrogen-bond donors (Lipinski definition) is 3. The number of unbranched alkanes of at least 4 members (excludes halogenated alkanes) is 28. The molecule has 362 valence electrons. The molecule has 6 heteroatoms. The zero-order valence-electron chi connectivity index (χ0n) is 41.3. The molecule has 0 radical (unpaired) electrons. The van der Waals surface area contributed by atoms with Crippen LogP contribution in [0, 0.1) is 0 Å². The number of aliphatic hydroxyl groups excluding tert-OH is 2. The highest BCUT2D eigenvalue weighted by molar-refractivity contribution is 5.77. The van der Waals surface area contributed by atoms with Gasteiger partial charge in [-0.05, 0) is 64.2 Å². The monoisotopic (exact) mass is 870 g/mol. The molecule has 0 saturated carbocycles. The molecule has 0 aromatic rings. The van der Waals surface area contributed by atoms with Crippen molar-refractivity contribution in [1.82, 2.24) is 5.32 Å². The normalized spacial score (nSPS) is 13.6. The molecule has 62 heavy (non-hydrogen) atoms. The van der Waals surface area contributed by atoms with Crippen LogP contribution in [0.25, 0.3) is 0 Å². The van der Waals surface area contributed by atoms with E-state index in [9.17, 15) is 19.8 Å². The Kier molecular flexibility index (Phi) is 48.1. The predicted octanol–water partition coefficient (Wildman–Crippen LogP) is 16.2. The molecule has 3 unspecified atom stereocenters.